The van der Waals surface area contributed by atoms with E-state index >= 15 is 0 Å². The predicted octanol–water partition coefficient (Wildman–Crippen LogP) is 1.84. The van der Waals surface area contributed by atoms with Gasteiger partial charge in [0.25, 0.3) is 0 Å². The molecule has 2 N–H and O–H groups in total. The molecule has 4 nitrogen and oxygen atoms in total. The molecular formula is C13H14N4. The van der Waals surface area contributed by atoms with Crippen LogP contribution in [0.4, 0.5) is 5.95 Å². The first kappa shape index (κ1) is 10.2. The lowest BCUT2D eigenvalue weighted by molar-refractivity contribution is 0.794. The molecule has 1 aliphatic rings. The average Bonchev–Trinajstić information content (AvgIpc) is 3.10. The van der Waals surface area contributed by atoms with Gasteiger partial charge in [0.1, 0.15) is 0 Å². The largest absolute Gasteiger partial charge is 0.368 e. The third-order valence-electron chi connectivity index (χ3n) is 3.36. The smallest absolute Gasteiger partial charge is 0.220 e. The standard InChI is InChI=1S/C13H14N4/c1-9-8-10(2-6-15-9)13(4-5-13)11-3-7-16-12(14)17-11/h2-3,6-8H,4-5H2,1H3,(H2,14,16,17). The van der Waals surface area contributed by atoms with Crippen LogP contribution in [0.5, 0.6) is 0 Å². The lowest BCUT2D eigenvalue weighted by Crippen LogP contribution is -2.13. The summed E-state index contributed by atoms with van der Waals surface area (Å²) >= 11 is 0. The zero-order valence-electron chi connectivity index (χ0n) is 9.72. The number of anilines is 1. The third kappa shape index (κ3) is 1.65. The highest BCUT2D eigenvalue weighted by atomic mass is 15.0. The van der Waals surface area contributed by atoms with Gasteiger partial charge < -0.3 is 5.73 Å². The highest BCUT2D eigenvalue weighted by Crippen LogP contribution is 2.52. The van der Waals surface area contributed by atoms with Crippen molar-refractivity contribution in [2.75, 3.05) is 5.73 Å². The van der Waals surface area contributed by atoms with E-state index in [1.807, 2.05) is 19.2 Å². The summed E-state index contributed by atoms with van der Waals surface area (Å²) in [5, 5.41) is 0. The van der Waals surface area contributed by atoms with E-state index in [1.165, 1.54) is 5.56 Å². The van der Waals surface area contributed by atoms with Crippen molar-refractivity contribution in [3.8, 4) is 0 Å². The van der Waals surface area contributed by atoms with Crippen LogP contribution in [0.2, 0.25) is 0 Å². The fraction of sp³-hybridized carbons (Fsp3) is 0.308. The summed E-state index contributed by atoms with van der Waals surface area (Å²) in [7, 11) is 0. The second-order valence-corrected chi connectivity index (χ2v) is 4.57. The van der Waals surface area contributed by atoms with Crippen LogP contribution in [-0.2, 0) is 5.41 Å². The van der Waals surface area contributed by atoms with Gasteiger partial charge in [0.2, 0.25) is 5.95 Å². The molecule has 0 atom stereocenters. The van der Waals surface area contributed by atoms with Gasteiger partial charge in [-0.1, -0.05) is 0 Å². The first-order valence-electron chi connectivity index (χ1n) is 5.73. The molecule has 1 aliphatic carbocycles. The Morgan fingerprint density at radius 1 is 1.18 bits per heavy atom. The van der Waals surface area contributed by atoms with Crippen LogP contribution in [0.15, 0.2) is 30.6 Å². The van der Waals surface area contributed by atoms with Crippen LogP contribution in [0.25, 0.3) is 0 Å². The Kier molecular flexibility index (Phi) is 2.11. The van der Waals surface area contributed by atoms with Gasteiger partial charge in [0.15, 0.2) is 0 Å². The Bertz CT molecular complexity index is 513. The van der Waals surface area contributed by atoms with Gasteiger partial charge in [0.05, 0.1) is 5.69 Å². The minimum absolute atomic E-state index is 0.0464. The number of aromatic nitrogens is 3. The van der Waals surface area contributed by atoms with Crippen molar-refractivity contribution in [2.45, 2.75) is 25.2 Å². The normalized spacial score (nSPS) is 16.8. The maximum absolute atomic E-state index is 5.66. The van der Waals surface area contributed by atoms with Crippen LogP contribution in [-0.4, -0.2) is 15.0 Å². The fourth-order valence-electron chi connectivity index (χ4n) is 2.30. The van der Waals surface area contributed by atoms with E-state index in [-0.39, 0.29) is 5.41 Å². The van der Waals surface area contributed by atoms with Gasteiger partial charge in [-0.05, 0) is 43.5 Å². The van der Waals surface area contributed by atoms with E-state index < -0.39 is 0 Å². The zero-order chi connectivity index (χ0) is 11.9. The zero-order valence-corrected chi connectivity index (χ0v) is 9.72. The Morgan fingerprint density at radius 3 is 2.59 bits per heavy atom. The third-order valence-corrected chi connectivity index (χ3v) is 3.36. The van der Waals surface area contributed by atoms with Gasteiger partial charge in [-0.2, -0.15) is 0 Å². The lowest BCUT2D eigenvalue weighted by atomic mass is 9.92. The SMILES string of the molecule is Cc1cc(C2(c3ccnc(N)n3)CC2)ccn1. The van der Waals surface area contributed by atoms with Crippen LogP contribution >= 0.6 is 0 Å². The summed E-state index contributed by atoms with van der Waals surface area (Å²) in [5.41, 5.74) is 9.04. The van der Waals surface area contributed by atoms with Gasteiger partial charge in [-0.15, -0.1) is 0 Å². The molecule has 0 radical (unpaired) electrons. The molecule has 2 heterocycles. The average molecular weight is 226 g/mol. The highest BCUT2D eigenvalue weighted by Gasteiger charge is 2.47. The summed E-state index contributed by atoms with van der Waals surface area (Å²) < 4.78 is 0. The number of pyridine rings is 1. The first-order chi connectivity index (χ1) is 8.21. The molecule has 0 saturated heterocycles. The fourth-order valence-corrected chi connectivity index (χ4v) is 2.30. The number of nitrogens with two attached hydrogens (primary N) is 1. The molecule has 0 amide bonds. The Morgan fingerprint density at radius 2 is 1.94 bits per heavy atom. The molecule has 0 bridgehead atoms. The van der Waals surface area contributed by atoms with Crippen molar-refractivity contribution in [1.82, 2.24) is 15.0 Å². The first-order valence-corrected chi connectivity index (χ1v) is 5.73. The minimum Gasteiger partial charge on any atom is -0.368 e. The van der Waals surface area contributed by atoms with Gasteiger partial charge >= 0.3 is 0 Å². The number of hydrogen-bond donors (Lipinski definition) is 1. The number of nitrogens with zero attached hydrogens (tertiary/aromatic N) is 3. The van der Waals surface area contributed by atoms with Gasteiger partial charge in [-0.3, -0.25) is 4.98 Å². The molecule has 2 aromatic rings. The molecule has 4 heteroatoms. The quantitative estimate of drug-likeness (QED) is 0.848. The van der Waals surface area contributed by atoms with Gasteiger partial charge in [0, 0.05) is 23.5 Å². The monoisotopic (exact) mass is 226 g/mol. The number of aryl methyl sites for hydroxylation is 1. The van der Waals surface area contributed by atoms with Crippen molar-refractivity contribution < 1.29 is 0 Å². The predicted molar refractivity (Wildman–Crippen MR) is 65.4 cm³/mol. The van der Waals surface area contributed by atoms with E-state index in [9.17, 15) is 0 Å². The molecule has 2 aromatic heterocycles. The summed E-state index contributed by atoms with van der Waals surface area (Å²) in [5.74, 6) is 0.347. The van der Waals surface area contributed by atoms with Crippen molar-refractivity contribution in [3.63, 3.8) is 0 Å². The van der Waals surface area contributed by atoms with E-state index in [0.29, 0.717) is 5.95 Å². The Hall–Kier alpha value is -1.97. The molecule has 86 valence electrons. The number of rotatable bonds is 2. The summed E-state index contributed by atoms with van der Waals surface area (Å²) in [6.45, 7) is 2.01. The number of hydrogen-bond acceptors (Lipinski definition) is 4. The molecule has 3 rings (SSSR count). The lowest BCUT2D eigenvalue weighted by Gasteiger charge is -2.15. The highest BCUT2D eigenvalue weighted by molar-refractivity contribution is 5.42. The van der Waals surface area contributed by atoms with E-state index in [4.69, 9.17) is 5.73 Å². The molecule has 0 spiro atoms. The Balaban J connectivity index is 2.07. The summed E-state index contributed by atoms with van der Waals surface area (Å²) in [6, 6.07) is 6.16. The van der Waals surface area contributed by atoms with Crippen molar-refractivity contribution >= 4 is 5.95 Å². The van der Waals surface area contributed by atoms with Gasteiger partial charge in [-0.25, -0.2) is 9.97 Å². The molecular weight excluding hydrogens is 212 g/mol. The molecule has 0 aromatic carbocycles. The van der Waals surface area contributed by atoms with Crippen molar-refractivity contribution in [3.05, 3.63) is 47.5 Å². The minimum atomic E-state index is 0.0464. The van der Waals surface area contributed by atoms with Crippen LogP contribution < -0.4 is 5.73 Å². The second kappa shape index (κ2) is 3.52. The van der Waals surface area contributed by atoms with Crippen LogP contribution in [0.3, 0.4) is 0 Å². The van der Waals surface area contributed by atoms with E-state index in [0.717, 1.165) is 24.2 Å². The van der Waals surface area contributed by atoms with E-state index in [2.05, 4.69) is 27.1 Å². The summed E-state index contributed by atoms with van der Waals surface area (Å²) in [6.07, 6.45) is 5.82. The molecule has 1 fully saturated rings. The van der Waals surface area contributed by atoms with Crippen LogP contribution in [0.1, 0.15) is 29.8 Å². The van der Waals surface area contributed by atoms with Crippen molar-refractivity contribution in [2.24, 2.45) is 0 Å². The molecule has 17 heavy (non-hydrogen) atoms. The molecule has 0 unspecified atom stereocenters. The maximum atomic E-state index is 5.66. The summed E-state index contributed by atoms with van der Waals surface area (Å²) in [4.78, 5) is 12.5. The van der Waals surface area contributed by atoms with E-state index in [1.54, 1.807) is 6.20 Å². The van der Waals surface area contributed by atoms with Crippen LogP contribution in [0, 0.1) is 6.92 Å². The Labute approximate surface area is 99.9 Å². The number of nitrogen functional groups attached to an aromatic ring is 1. The topological polar surface area (TPSA) is 64.7 Å². The molecule has 0 aliphatic heterocycles. The van der Waals surface area contributed by atoms with Crippen molar-refractivity contribution in [1.29, 1.82) is 0 Å². The second-order valence-electron chi connectivity index (χ2n) is 4.57. The maximum Gasteiger partial charge on any atom is 0.220 e. The molecule has 1 saturated carbocycles.